The Morgan fingerprint density at radius 1 is 1.18 bits per heavy atom. The molecule has 0 aromatic carbocycles. The Morgan fingerprint density at radius 2 is 1.79 bits per heavy atom. The van der Waals surface area contributed by atoms with Crippen molar-refractivity contribution in [3.63, 3.8) is 0 Å². The zero-order valence-corrected chi connectivity index (χ0v) is 14.7. The number of hydrogen-bond donors (Lipinski definition) is 4. The Bertz CT molecular complexity index is 1070. The lowest BCUT2D eigenvalue weighted by molar-refractivity contribution is -0.404. The van der Waals surface area contributed by atoms with E-state index in [0.29, 0.717) is 0 Å². The van der Waals surface area contributed by atoms with Gasteiger partial charge in [-0.25, -0.2) is 14.2 Å². The van der Waals surface area contributed by atoms with Crippen molar-refractivity contribution in [1.29, 1.82) is 0 Å². The summed E-state index contributed by atoms with van der Waals surface area (Å²) in [6, 6.07) is 0. The molecule has 28 heavy (non-hydrogen) atoms. The molecule has 16 heteroatoms. The standard InChI is InChI=1S/2C4H4FN3O.C4H5NO4S/c2*5-2-1-7-4(9)8-3(2)6;1-3-2-4(6)5-10(7,8)9-3/h2*1H,(H3,6,7,8,9);2H,1H3,(H,5,6). The second kappa shape index (κ2) is 9.21. The molecule has 2 aromatic heterocycles. The molecule has 0 saturated heterocycles. The predicted octanol–water partition coefficient (Wildman–Crippen LogP) is -2.67. The van der Waals surface area contributed by atoms with Gasteiger partial charge in [-0.1, -0.05) is 0 Å². The number of rotatable bonds is 0. The molecule has 1 aliphatic rings. The van der Waals surface area contributed by atoms with Gasteiger partial charge in [-0.15, -0.1) is 4.40 Å². The summed E-state index contributed by atoms with van der Waals surface area (Å²) in [6.45, 7) is 1.37. The van der Waals surface area contributed by atoms with Crippen molar-refractivity contribution in [1.82, 2.24) is 15.0 Å². The molecule has 1 aliphatic heterocycles. The summed E-state index contributed by atoms with van der Waals surface area (Å²) in [5.74, 6) is -2.67. The van der Waals surface area contributed by atoms with Crippen LogP contribution in [0.3, 0.4) is 0 Å². The summed E-state index contributed by atoms with van der Waals surface area (Å²) in [5.41, 5.74) is 8.76. The fourth-order valence-corrected chi connectivity index (χ4v) is 2.03. The SMILES string of the molecule is CC1=CC([O-])=NS(=O)(=O)O1.Nc1[nH]c(=O)[nH+]cc1F.Nc1[nH]c(=O)ncc1F. The number of aromatic nitrogens is 4. The molecule has 0 unspecified atom stereocenters. The number of nitrogen functional groups attached to an aromatic ring is 2. The predicted molar refractivity (Wildman–Crippen MR) is 88.4 cm³/mol. The monoisotopic (exact) mass is 421 g/mol. The summed E-state index contributed by atoms with van der Waals surface area (Å²) in [5, 5.41) is 10.4. The number of nitrogens with one attached hydrogen (secondary N) is 3. The van der Waals surface area contributed by atoms with Crippen molar-refractivity contribution in [2.75, 3.05) is 11.5 Å². The van der Waals surface area contributed by atoms with Crippen molar-refractivity contribution in [3.8, 4) is 0 Å². The largest absolute Gasteiger partial charge is 0.858 e. The van der Waals surface area contributed by atoms with Crippen LogP contribution < -0.4 is 32.9 Å². The Balaban J connectivity index is 0.000000210. The van der Waals surface area contributed by atoms with E-state index in [1.54, 1.807) is 0 Å². The lowest BCUT2D eigenvalue weighted by Crippen LogP contribution is -2.30. The van der Waals surface area contributed by atoms with E-state index in [2.05, 4.69) is 18.5 Å². The van der Waals surface area contributed by atoms with Crippen LogP contribution in [0.1, 0.15) is 6.92 Å². The number of aromatic amines is 3. The van der Waals surface area contributed by atoms with Crippen molar-refractivity contribution >= 4 is 27.8 Å². The van der Waals surface area contributed by atoms with Gasteiger partial charge in [-0.3, -0.25) is 4.98 Å². The highest BCUT2D eigenvalue weighted by Gasteiger charge is 2.12. The minimum atomic E-state index is -3.97. The molecule has 0 amide bonds. The topological polar surface area (TPSA) is 224 Å². The molecule has 0 atom stereocenters. The number of anilines is 2. The van der Waals surface area contributed by atoms with Crippen LogP contribution in [0.5, 0.6) is 0 Å². The number of nitrogens with two attached hydrogens (primary N) is 2. The van der Waals surface area contributed by atoms with E-state index in [0.717, 1.165) is 18.5 Å². The van der Waals surface area contributed by atoms with Crippen molar-refractivity contribution in [2.24, 2.45) is 4.40 Å². The van der Waals surface area contributed by atoms with Crippen LogP contribution in [0.15, 0.2) is 38.2 Å². The average molecular weight is 421 g/mol. The van der Waals surface area contributed by atoms with Gasteiger partial charge in [-0.05, 0) is 13.0 Å². The molecule has 7 N–H and O–H groups in total. The fraction of sp³-hybridized carbons (Fsp3) is 0.0833. The highest BCUT2D eigenvalue weighted by atomic mass is 32.2. The quantitative estimate of drug-likeness (QED) is 0.347. The second-order valence-corrected chi connectivity index (χ2v) is 5.85. The van der Waals surface area contributed by atoms with E-state index in [4.69, 9.17) is 11.5 Å². The molecule has 3 rings (SSSR count). The van der Waals surface area contributed by atoms with Gasteiger partial charge in [0.2, 0.25) is 11.6 Å². The van der Waals surface area contributed by atoms with E-state index >= 15 is 0 Å². The van der Waals surface area contributed by atoms with Crippen LogP contribution in [0.25, 0.3) is 0 Å². The lowest BCUT2D eigenvalue weighted by atomic mass is 10.5. The Labute approximate surface area is 154 Å². The summed E-state index contributed by atoms with van der Waals surface area (Å²) in [4.78, 5) is 29.7. The third-order valence-corrected chi connectivity index (χ3v) is 3.27. The first-order valence-corrected chi connectivity index (χ1v) is 8.22. The average Bonchev–Trinajstić information content (AvgIpc) is 2.54. The maximum atomic E-state index is 12.2. The van der Waals surface area contributed by atoms with Crippen LogP contribution in [0, 0.1) is 11.6 Å². The third kappa shape index (κ3) is 7.60. The number of hydrogen-bond acceptors (Lipinski definition) is 9. The summed E-state index contributed by atoms with van der Waals surface area (Å²) in [7, 11) is -3.97. The molecule has 2 aromatic rings. The lowest BCUT2D eigenvalue weighted by Gasteiger charge is -2.12. The molecule has 0 fully saturated rings. The molecule has 0 aliphatic carbocycles. The Morgan fingerprint density at radius 3 is 2.21 bits per heavy atom. The minimum Gasteiger partial charge on any atom is -0.858 e. The van der Waals surface area contributed by atoms with E-state index < -0.39 is 39.2 Å². The first-order chi connectivity index (χ1) is 12.9. The Hall–Kier alpha value is -3.82. The van der Waals surface area contributed by atoms with Crippen LogP contribution in [-0.2, 0) is 14.5 Å². The summed E-state index contributed by atoms with van der Waals surface area (Å²) < 4.78 is 52.0. The van der Waals surface area contributed by atoms with Gasteiger partial charge in [-0.2, -0.15) is 27.6 Å². The normalized spacial score (nSPS) is 14.1. The van der Waals surface area contributed by atoms with Crippen LogP contribution in [0.2, 0.25) is 0 Å². The molecular weight excluding hydrogens is 408 g/mol. The number of halogens is 2. The Kier molecular flexibility index (Phi) is 7.31. The smallest absolute Gasteiger partial charge is 0.495 e. The first-order valence-electron chi connectivity index (χ1n) is 6.85. The zero-order valence-electron chi connectivity index (χ0n) is 13.9. The maximum absolute atomic E-state index is 12.2. The summed E-state index contributed by atoms with van der Waals surface area (Å²) in [6.07, 6.45) is 2.67. The van der Waals surface area contributed by atoms with E-state index in [1.165, 1.54) is 6.92 Å². The van der Waals surface area contributed by atoms with E-state index in [1.807, 2.05) is 9.97 Å². The zero-order chi connectivity index (χ0) is 21.5. The second-order valence-electron chi connectivity index (χ2n) is 4.65. The van der Waals surface area contributed by atoms with Crippen LogP contribution in [0.4, 0.5) is 20.4 Å². The molecule has 3 heterocycles. The van der Waals surface area contributed by atoms with Crippen molar-refractivity contribution in [3.05, 3.63) is 56.8 Å². The van der Waals surface area contributed by atoms with Gasteiger partial charge in [0.15, 0.2) is 5.82 Å². The van der Waals surface area contributed by atoms with Gasteiger partial charge in [0, 0.05) is 5.90 Å². The van der Waals surface area contributed by atoms with Crippen molar-refractivity contribution < 1.29 is 31.5 Å². The van der Waals surface area contributed by atoms with E-state index in [9.17, 15) is 31.9 Å². The van der Waals surface area contributed by atoms with Crippen molar-refractivity contribution in [2.45, 2.75) is 6.92 Å². The van der Waals surface area contributed by atoms with E-state index in [-0.39, 0.29) is 17.4 Å². The summed E-state index contributed by atoms with van der Waals surface area (Å²) >= 11 is 0. The van der Waals surface area contributed by atoms with Crippen LogP contribution >= 0.6 is 0 Å². The van der Waals surface area contributed by atoms with Gasteiger partial charge in [0.05, 0.1) is 6.20 Å². The molecule has 0 radical (unpaired) electrons. The fourth-order valence-electron chi connectivity index (χ4n) is 1.34. The molecule has 152 valence electrons. The molecule has 13 nitrogen and oxygen atoms in total. The van der Waals surface area contributed by atoms with Gasteiger partial charge in [0.25, 0.3) is 0 Å². The molecule has 0 spiro atoms. The first kappa shape index (κ1) is 22.2. The van der Waals surface area contributed by atoms with Gasteiger partial charge in [0.1, 0.15) is 17.8 Å². The minimum absolute atomic E-state index is 0.0417. The number of nitrogens with zero attached hydrogens (tertiary/aromatic N) is 2. The molecule has 0 saturated carbocycles. The molecular formula is C12H13F2N7O6S. The van der Waals surface area contributed by atoms with Gasteiger partial charge >= 0.3 is 21.7 Å². The third-order valence-electron chi connectivity index (χ3n) is 2.39. The number of H-pyrrole nitrogens is 3. The van der Waals surface area contributed by atoms with Crippen LogP contribution in [-0.4, -0.2) is 29.3 Å². The maximum Gasteiger partial charge on any atom is 0.495 e. The number of allylic oxidation sites excluding steroid dienone is 1. The highest BCUT2D eigenvalue weighted by Crippen LogP contribution is 2.09. The molecule has 0 bridgehead atoms. The highest BCUT2D eigenvalue weighted by molar-refractivity contribution is 7.85. The van der Waals surface area contributed by atoms with Gasteiger partial charge < -0.3 is 20.8 Å².